The second-order valence-corrected chi connectivity index (χ2v) is 7.20. The molecule has 1 heterocycles. The zero-order valence-electron chi connectivity index (χ0n) is 12.1. The summed E-state index contributed by atoms with van der Waals surface area (Å²) in [7, 11) is 0. The second kappa shape index (κ2) is 4.89. The van der Waals surface area contributed by atoms with Crippen LogP contribution in [0.5, 0.6) is 0 Å². The third kappa shape index (κ3) is 2.83. The maximum absolute atomic E-state index is 5.95. The molecule has 2 aliphatic rings. The van der Waals surface area contributed by atoms with Crippen molar-refractivity contribution in [1.29, 1.82) is 0 Å². The van der Waals surface area contributed by atoms with Gasteiger partial charge >= 0.3 is 0 Å². The Morgan fingerprint density at radius 1 is 1.11 bits per heavy atom. The highest BCUT2D eigenvalue weighted by atomic mass is 16.5. The summed E-state index contributed by atoms with van der Waals surface area (Å²) in [5, 5.41) is 4.23. The van der Waals surface area contributed by atoms with E-state index in [9.17, 15) is 0 Å². The van der Waals surface area contributed by atoms with E-state index in [0.29, 0.717) is 23.3 Å². The minimum Gasteiger partial charge on any atom is -0.339 e. The SMILES string of the molecule is CC1(C)CCC(c2noc([C@@H]3CC[C@H](N)C3)n2)CC1. The fourth-order valence-electron chi connectivity index (χ4n) is 3.48. The number of rotatable bonds is 2. The Bertz CT molecular complexity index is 430. The first-order valence-electron chi connectivity index (χ1n) is 7.62. The van der Waals surface area contributed by atoms with Gasteiger partial charge in [0.25, 0.3) is 0 Å². The lowest BCUT2D eigenvalue weighted by Crippen LogP contribution is -2.20. The molecular formula is C15H25N3O. The van der Waals surface area contributed by atoms with Crippen LogP contribution in [0.25, 0.3) is 0 Å². The molecular weight excluding hydrogens is 238 g/mol. The van der Waals surface area contributed by atoms with Gasteiger partial charge in [-0.25, -0.2) is 0 Å². The second-order valence-electron chi connectivity index (χ2n) is 7.20. The van der Waals surface area contributed by atoms with Gasteiger partial charge in [0.15, 0.2) is 5.82 Å². The first-order chi connectivity index (χ1) is 9.03. The average Bonchev–Trinajstić information content (AvgIpc) is 2.97. The van der Waals surface area contributed by atoms with Crippen LogP contribution in [-0.2, 0) is 0 Å². The Morgan fingerprint density at radius 2 is 1.84 bits per heavy atom. The van der Waals surface area contributed by atoms with Crippen LogP contribution in [0.2, 0.25) is 0 Å². The van der Waals surface area contributed by atoms with Crippen LogP contribution < -0.4 is 5.73 Å². The van der Waals surface area contributed by atoms with Gasteiger partial charge in [-0.05, 0) is 50.4 Å². The Hall–Kier alpha value is -0.900. The van der Waals surface area contributed by atoms with Gasteiger partial charge in [-0.15, -0.1) is 0 Å². The third-order valence-electron chi connectivity index (χ3n) is 4.98. The first-order valence-corrected chi connectivity index (χ1v) is 7.62. The Labute approximate surface area is 115 Å². The monoisotopic (exact) mass is 263 g/mol. The van der Waals surface area contributed by atoms with E-state index in [1.807, 2.05) is 0 Å². The molecule has 2 aliphatic carbocycles. The molecule has 3 rings (SSSR count). The summed E-state index contributed by atoms with van der Waals surface area (Å²) < 4.78 is 5.49. The van der Waals surface area contributed by atoms with Crippen LogP contribution in [0.1, 0.15) is 82.3 Å². The number of hydrogen-bond donors (Lipinski definition) is 1. The standard InChI is InChI=1S/C15H25N3O/c1-15(2)7-5-10(6-8-15)13-17-14(19-18-13)11-3-4-12(16)9-11/h10-12H,3-9,16H2,1-2H3/t11-,12+/m1/s1. The van der Waals surface area contributed by atoms with Crippen LogP contribution in [0.15, 0.2) is 4.52 Å². The summed E-state index contributed by atoms with van der Waals surface area (Å²) in [5.74, 6) is 2.66. The summed E-state index contributed by atoms with van der Waals surface area (Å²) in [4.78, 5) is 4.66. The largest absolute Gasteiger partial charge is 0.339 e. The molecule has 2 atom stereocenters. The molecule has 1 aromatic heterocycles. The molecule has 0 aromatic carbocycles. The van der Waals surface area contributed by atoms with Crippen molar-refractivity contribution in [2.45, 2.75) is 76.7 Å². The topological polar surface area (TPSA) is 64.9 Å². The van der Waals surface area contributed by atoms with Crippen molar-refractivity contribution in [3.8, 4) is 0 Å². The van der Waals surface area contributed by atoms with Gasteiger partial charge < -0.3 is 10.3 Å². The van der Waals surface area contributed by atoms with E-state index in [1.165, 1.54) is 25.7 Å². The fraction of sp³-hybridized carbons (Fsp3) is 0.867. The molecule has 0 spiro atoms. The van der Waals surface area contributed by atoms with Gasteiger partial charge in [0.05, 0.1) is 0 Å². The molecule has 0 radical (unpaired) electrons. The molecule has 1 aromatic rings. The highest BCUT2D eigenvalue weighted by molar-refractivity contribution is 5.03. The lowest BCUT2D eigenvalue weighted by molar-refractivity contribution is 0.218. The quantitative estimate of drug-likeness (QED) is 0.888. The predicted octanol–water partition coefficient (Wildman–Crippen LogP) is 3.35. The van der Waals surface area contributed by atoms with Crippen molar-refractivity contribution in [2.75, 3.05) is 0 Å². The molecule has 0 saturated heterocycles. The van der Waals surface area contributed by atoms with Gasteiger partial charge in [0.1, 0.15) is 0 Å². The van der Waals surface area contributed by atoms with E-state index in [2.05, 4.69) is 24.0 Å². The molecule has 106 valence electrons. The van der Waals surface area contributed by atoms with Crippen molar-refractivity contribution in [1.82, 2.24) is 10.1 Å². The minimum absolute atomic E-state index is 0.316. The summed E-state index contributed by atoms with van der Waals surface area (Å²) in [6.07, 6.45) is 8.08. The number of hydrogen-bond acceptors (Lipinski definition) is 4. The van der Waals surface area contributed by atoms with Crippen molar-refractivity contribution < 1.29 is 4.52 Å². The first kappa shape index (κ1) is 13.1. The lowest BCUT2D eigenvalue weighted by Gasteiger charge is -2.32. The van der Waals surface area contributed by atoms with Crippen molar-refractivity contribution in [2.24, 2.45) is 11.1 Å². The van der Waals surface area contributed by atoms with Crippen molar-refractivity contribution >= 4 is 0 Å². The van der Waals surface area contributed by atoms with Crippen LogP contribution in [0.4, 0.5) is 0 Å². The zero-order valence-corrected chi connectivity index (χ0v) is 12.1. The summed E-state index contributed by atoms with van der Waals surface area (Å²) >= 11 is 0. The summed E-state index contributed by atoms with van der Waals surface area (Å²) in [5.41, 5.74) is 6.44. The molecule has 0 bridgehead atoms. The molecule has 4 heteroatoms. The smallest absolute Gasteiger partial charge is 0.229 e. The Morgan fingerprint density at radius 3 is 2.47 bits per heavy atom. The third-order valence-corrected chi connectivity index (χ3v) is 4.98. The van der Waals surface area contributed by atoms with E-state index in [-0.39, 0.29) is 0 Å². The maximum Gasteiger partial charge on any atom is 0.229 e. The predicted molar refractivity (Wildman–Crippen MR) is 73.9 cm³/mol. The molecule has 4 nitrogen and oxygen atoms in total. The van der Waals surface area contributed by atoms with E-state index in [0.717, 1.165) is 31.0 Å². The van der Waals surface area contributed by atoms with Crippen LogP contribution in [-0.4, -0.2) is 16.2 Å². The maximum atomic E-state index is 5.95. The minimum atomic E-state index is 0.316. The summed E-state index contributed by atoms with van der Waals surface area (Å²) in [6.45, 7) is 4.70. The highest BCUT2D eigenvalue weighted by Crippen LogP contribution is 2.42. The normalized spacial score (nSPS) is 31.7. The van der Waals surface area contributed by atoms with Crippen LogP contribution in [0.3, 0.4) is 0 Å². The van der Waals surface area contributed by atoms with E-state index in [1.54, 1.807) is 0 Å². The molecule has 2 N–H and O–H groups in total. The molecule has 2 fully saturated rings. The molecule has 19 heavy (non-hydrogen) atoms. The van der Waals surface area contributed by atoms with Gasteiger partial charge in [-0.3, -0.25) is 0 Å². The fourth-order valence-corrected chi connectivity index (χ4v) is 3.48. The van der Waals surface area contributed by atoms with Gasteiger partial charge in [0.2, 0.25) is 5.89 Å². The number of aromatic nitrogens is 2. The van der Waals surface area contributed by atoms with E-state index < -0.39 is 0 Å². The van der Waals surface area contributed by atoms with E-state index >= 15 is 0 Å². The number of nitrogens with zero attached hydrogens (tertiary/aromatic N) is 2. The molecule has 0 unspecified atom stereocenters. The highest BCUT2D eigenvalue weighted by Gasteiger charge is 2.32. The summed E-state index contributed by atoms with van der Waals surface area (Å²) in [6, 6.07) is 0.316. The van der Waals surface area contributed by atoms with Crippen LogP contribution in [0, 0.1) is 5.41 Å². The zero-order chi connectivity index (χ0) is 13.5. The van der Waals surface area contributed by atoms with Crippen LogP contribution >= 0.6 is 0 Å². The Balaban J connectivity index is 1.65. The molecule has 0 aliphatic heterocycles. The van der Waals surface area contributed by atoms with Gasteiger partial charge in [-0.1, -0.05) is 19.0 Å². The molecule has 0 amide bonds. The number of nitrogens with two attached hydrogens (primary N) is 1. The van der Waals surface area contributed by atoms with Crippen molar-refractivity contribution in [3.05, 3.63) is 11.7 Å². The van der Waals surface area contributed by atoms with E-state index in [4.69, 9.17) is 10.3 Å². The van der Waals surface area contributed by atoms with Crippen molar-refractivity contribution in [3.63, 3.8) is 0 Å². The Kier molecular flexibility index (Phi) is 3.37. The van der Waals surface area contributed by atoms with Gasteiger partial charge in [0, 0.05) is 17.9 Å². The average molecular weight is 263 g/mol. The lowest BCUT2D eigenvalue weighted by atomic mass is 9.73. The van der Waals surface area contributed by atoms with Gasteiger partial charge in [-0.2, -0.15) is 4.98 Å². The molecule has 2 saturated carbocycles.